The molecule has 1 atom stereocenters. The molecule has 1 heterocycles. The molecule has 20 heavy (non-hydrogen) atoms. The molecule has 1 fully saturated rings. The minimum atomic E-state index is 0.501. The molecule has 114 valence electrons. The number of unbranched alkanes of at least 4 members (excludes halogenated alkanes) is 1. The topological polar surface area (TPSA) is 25.2 Å². The van der Waals surface area contributed by atoms with Gasteiger partial charge in [-0.25, -0.2) is 0 Å². The third-order valence-corrected chi connectivity index (χ3v) is 4.85. The zero-order valence-corrected chi connectivity index (χ0v) is 13.2. The maximum absolute atomic E-state index is 5.30. The van der Waals surface area contributed by atoms with E-state index in [1.54, 1.807) is 0 Å². The van der Waals surface area contributed by atoms with Crippen LogP contribution in [0.3, 0.4) is 0 Å². The first-order valence-corrected chi connectivity index (χ1v) is 8.60. The van der Waals surface area contributed by atoms with Gasteiger partial charge < -0.3 is 9.73 Å². The Kier molecular flexibility index (Phi) is 6.65. The van der Waals surface area contributed by atoms with Crippen molar-refractivity contribution in [2.24, 2.45) is 11.8 Å². The van der Waals surface area contributed by atoms with Gasteiger partial charge in [-0.2, -0.15) is 0 Å². The van der Waals surface area contributed by atoms with Gasteiger partial charge in [0.05, 0.1) is 12.5 Å². The Morgan fingerprint density at radius 3 is 2.60 bits per heavy atom. The minimum Gasteiger partial charge on any atom is -0.472 e. The lowest BCUT2D eigenvalue weighted by atomic mass is 9.75. The van der Waals surface area contributed by atoms with E-state index in [0.29, 0.717) is 6.04 Å². The van der Waals surface area contributed by atoms with Crippen LogP contribution in [0.4, 0.5) is 0 Å². The number of rotatable bonds is 8. The lowest BCUT2D eigenvalue weighted by Gasteiger charge is -2.34. The Labute approximate surface area is 124 Å². The van der Waals surface area contributed by atoms with Crippen LogP contribution in [0.5, 0.6) is 0 Å². The van der Waals surface area contributed by atoms with Gasteiger partial charge in [0.1, 0.15) is 0 Å². The third kappa shape index (κ3) is 4.37. The Hall–Kier alpha value is -0.760. The van der Waals surface area contributed by atoms with E-state index in [1.807, 2.05) is 12.5 Å². The highest BCUT2D eigenvalue weighted by molar-refractivity contribution is 5.13. The highest BCUT2D eigenvalue weighted by Gasteiger charge is 2.28. The molecule has 0 aliphatic heterocycles. The molecule has 2 rings (SSSR count). The molecule has 2 nitrogen and oxygen atoms in total. The second-order valence-electron chi connectivity index (χ2n) is 6.41. The molecular formula is C18H31NO. The number of nitrogens with one attached hydrogen (secondary N) is 1. The van der Waals surface area contributed by atoms with Crippen molar-refractivity contribution in [3.05, 3.63) is 24.2 Å². The molecule has 0 aromatic carbocycles. The van der Waals surface area contributed by atoms with Crippen molar-refractivity contribution in [2.75, 3.05) is 6.54 Å². The molecule has 0 saturated heterocycles. The second kappa shape index (κ2) is 8.51. The van der Waals surface area contributed by atoms with Gasteiger partial charge in [0.2, 0.25) is 0 Å². The van der Waals surface area contributed by atoms with Crippen LogP contribution in [-0.2, 0) is 0 Å². The molecule has 2 heteroatoms. The van der Waals surface area contributed by atoms with Gasteiger partial charge in [0, 0.05) is 11.6 Å². The molecule has 0 bridgehead atoms. The first-order valence-electron chi connectivity index (χ1n) is 8.60. The lowest BCUT2D eigenvalue weighted by Crippen LogP contribution is -2.31. The van der Waals surface area contributed by atoms with Crippen LogP contribution >= 0.6 is 0 Å². The summed E-state index contributed by atoms with van der Waals surface area (Å²) in [7, 11) is 0. The number of hydrogen-bond donors (Lipinski definition) is 1. The molecule has 1 unspecified atom stereocenters. The van der Waals surface area contributed by atoms with Gasteiger partial charge in [-0.15, -0.1) is 0 Å². The molecule has 1 aromatic rings. The Morgan fingerprint density at radius 1 is 1.20 bits per heavy atom. The van der Waals surface area contributed by atoms with E-state index in [9.17, 15) is 0 Å². The summed E-state index contributed by atoms with van der Waals surface area (Å²) < 4.78 is 5.30. The second-order valence-corrected chi connectivity index (χ2v) is 6.41. The van der Waals surface area contributed by atoms with Gasteiger partial charge in [0.15, 0.2) is 0 Å². The minimum absolute atomic E-state index is 0.501. The Balaban J connectivity index is 1.87. The fourth-order valence-corrected chi connectivity index (χ4v) is 3.61. The SMILES string of the molecule is CCCCC1CCC(C(NCCC)c2ccoc2)CC1. The van der Waals surface area contributed by atoms with Crippen molar-refractivity contribution in [1.82, 2.24) is 5.32 Å². The van der Waals surface area contributed by atoms with Crippen LogP contribution in [-0.4, -0.2) is 6.54 Å². The largest absolute Gasteiger partial charge is 0.472 e. The van der Waals surface area contributed by atoms with Crippen molar-refractivity contribution in [3.63, 3.8) is 0 Å². The summed E-state index contributed by atoms with van der Waals surface area (Å²) in [4.78, 5) is 0. The van der Waals surface area contributed by atoms with Gasteiger partial charge in [-0.05, 0) is 43.7 Å². The summed E-state index contributed by atoms with van der Waals surface area (Å²) in [6, 6.07) is 2.64. The van der Waals surface area contributed by atoms with E-state index in [2.05, 4.69) is 25.2 Å². The standard InChI is InChI=1S/C18H31NO/c1-3-5-6-15-7-9-16(10-8-15)18(19-12-4-2)17-11-13-20-14-17/h11,13-16,18-19H,3-10,12H2,1-2H3. The lowest BCUT2D eigenvalue weighted by molar-refractivity contribution is 0.212. The summed E-state index contributed by atoms with van der Waals surface area (Å²) in [5.41, 5.74) is 1.34. The molecular weight excluding hydrogens is 246 g/mol. The predicted octanol–water partition coefficient (Wildman–Crippen LogP) is 5.32. The van der Waals surface area contributed by atoms with Crippen LogP contribution in [0.15, 0.2) is 23.0 Å². The highest BCUT2D eigenvalue weighted by Crippen LogP contribution is 2.38. The molecule has 1 saturated carbocycles. The van der Waals surface area contributed by atoms with Crippen LogP contribution in [0.25, 0.3) is 0 Å². The van der Waals surface area contributed by atoms with Crippen molar-refractivity contribution in [1.29, 1.82) is 0 Å². The summed E-state index contributed by atoms with van der Waals surface area (Å²) in [5, 5.41) is 3.74. The molecule has 1 aromatic heterocycles. The molecule has 0 spiro atoms. The highest BCUT2D eigenvalue weighted by atomic mass is 16.3. The van der Waals surface area contributed by atoms with E-state index < -0.39 is 0 Å². The number of hydrogen-bond acceptors (Lipinski definition) is 2. The van der Waals surface area contributed by atoms with E-state index >= 15 is 0 Å². The fraction of sp³-hybridized carbons (Fsp3) is 0.778. The maximum Gasteiger partial charge on any atom is 0.0950 e. The van der Waals surface area contributed by atoms with Crippen LogP contribution in [0.2, 0.25) is 0 Å². The monoisotopic (exact) mass is 277 g/mol. The smallest absolute Gasteiger partial charge is 0.0950 e. The van der Waals surface area contributed by atoms with E-state index in [4.69, 9.17) is 4.42 Å². The Morgan fingerprint density at radius 2 is 2.00 bits per heavy atom. The van der Waals surface area contributed by atoms with Gasteiger partial charge >= 0.3 is 0 Å². The quantitative estimate of drug-likeness (QED) is 0.696. The average molecular weight is 277 g/mol. The van der Waals surface area contributed by atoms with E-state index in [1.165, 1.54) is 56.9 Å². The zero-order chi connectivity index (χ0) is 14.2. The molecule has 0 radical (unpaired) electrons. The molecule has 0 amide bonds. The van der Waals surface area contributed by atoms with Crippen molar-refractivity contribution >= 4 is 0 Å². The molecule has 1 aliphatic rings. The van der Waals surface area contributed by atoms with Crippen molar-refractivity contribution in [3.8, 4) is 0 Å². The average Bonchev–Trinajstić information content (AvgIpc) is 3.01. The van der Waals surface area contributed by atoms with E-state index in [-0.39, 0.29) is 0 Å². The molecule has 1 N–H and O–H groups in total. The van der Waals surface area contributed by atoms with Gasteiger partial charge in [0.25, 0.3) is 0 Å². The van der Waals surface area contributed by atoms with Crippen molar-refractivity contribution < 1.29 is 4.42 Å². The van der Waals surface area contributed by atoms with Gasteiger partial charge in [-0.3, -0.25) is 0 Å². The summed E-state index contributed by atoms with van der Waals surface area (Å²) in [5.74, 6) is 1.78. The summed E-state index contributed by atoms with van der Waals surface area (Å²) in [6.07, 6.45) is 14.7. The third-order valence-electron chi connectivity index (χ3n) is 4.85. The predicted molar refractivity (Wildman–Crippen MR) is 84.7 cm³/mol. The Bertz CT molecular complexity index is 338. The van der Waals surface area contributed by atoms with E-state index in [0.717, 1.165) is 18.4 Å². The molecule has 1 aliphatic carbocycles. The maximum atomic E-state index is 5.30. The number of furan rings is 1. The summed E-state index contributed by atoms with van der Waals surface area (Å²) in [6.45, 7) is 5.64. The zero-order valence-electron chi connectivity index (χ0n) is 13.2. The first kappa shape index (κ1) is 15.6. The van der Waals surface area contributed by atoms with Crippen LogP contribution < -0.4 is 5.32 Å². The first-order chi connectivity index (χ1) is 9.85. The fourth-order valence-electron chi connectivity index (χ4n) is 3.61. The van der Waals surface area contributed by atoms with Crippen LogP contribution in [0.1, 0.15) is 76.8 Å². The normalized spacial score (nSPS) is 24.7. The van der Waals surface area contributed by atoms with Crippen LogP contribution in [0, 0.1) is 11.8 Å². The van der Waals surface area contributed by atoms with Gasteiger partial charge in [-0.1, -0.05) is 46.0 Å². The summed E-state index contributed by atoms with van der Waals surface area (Å²) >= 11 is 0. The van der Waals surface area contributed by atoms with Crippen molar-refractivity contribution in [2.45, 2.75) is 71.3 Å².